The highest BCUT2D eigenvalue weighted by Crippen LogP contribution is 2.20. The van der Waals surface area contributed by atoms with Gasteiger partial charge in [0.1, 0.15) is 0 Å². The van der Waals surface area contributed by atoms with Gasteiger partial charge in [0.15, 0.2) is 0 Å². The van der Waals surface area contributed by atoms with Crippen LogP contribution < -0.4 is 5.32 Å². The molecule has 2 aliphatic rings. The number of carbonyl (C=O) groups excluding carboxylic acids is 2. The summed E-state index contributed by atoms with van der Waals surface area (Å²) in [5.41, 5.74) is 4.79. The van der Waals surface area contributed by atoms with Crippen molar-refractivity contribution in [3.8, 4) is 0 Å². The molecule has 2 aliphatic heterocycles. The minimum absolute atomic E-state index is 0.00458. The van der Waals surface area contributed by atoms with Crippen LogP contribution in [0.1, 0.15) is 33.5 Å². The van der Waals surface area contributed by atoms with Crippen molar-refractivity contribution in [1.82, 2.24) is 15.1 Å². The Bertz CT molecular complexity index is 832. The van der Waals surface area contributed by atoms with Gasteiger partial charge >= 0.3 is 0 Å². The summed E-state index contributed by atoms with van der Waals surface area (Å²) in [6, 6.07) is 16.6. The number of nitrogens with one attached hydrogen (secondary N) is 1. The summed E-state index contributed by atoms with van der Waals surface area (Å²) in [5.74, 6) is 0.0219. The number of fused-ring (bicyclic) bond motifs is 1. The summed E-state index contributed by atoms with van der Waals surface area (Å²) in [6.07, 6.45) is 1.47. The molecule has 0 radical (unpaired) electrons. The van der Waals surface area contributed by atoms with E-state index in [4.69, 9.17) is 0 Å². The van der Waals surface area contributed by atoms with E-state index in [2.05, 4.69) is 46.6 Å². The van der Waals surface area contributed by atoms with Crippen LogP contribution >= 0.6 is 0 Å². The lowest BCUT2D eigenvalue weighted by Gasteiger charge is -2.28. The first-order chi connectivity index (χ1) is 13.2. The second-order valence-corrected chi connectivity index (χ2v) is 7.32. The molecule has 1 N–H and O–H groups in total. The first-order valence-corrected chi connectivity index (χ1v) is 9.63. The minimum atomic E-state index is 0.00458. The lowest BCUT2D eigenvalue weighted by molar-refractivity contribution is -0.120. The zero-order chi connectivity index (χ0) is 18.6. The van der Waals surface area contributed by atoms with Gasteiger partial charge in [0, 0.05) is 51.3 Å². The van der Waals surface area contributed by atoms with Crippen LogP contribution in [0.5, 0.6) is 0 Å². The van der Waals surface area contributed by atoms with Crippen LogP contribution in [-0.4, -0.2) is 47.8 Å². The number of nitrogens with zero attached hydrogens (tertiary/aromatic N) is 2. The van der Waals surface area contributed by atoms with Crippen molar-refractivity contribution < 1.29 is 9.59 Å². The van der Waals surface area contributed by atoms with Crippen LogP contribution in [-0.2, 0) is 24.3 Å². The van der Waals surface area contributed by atoms with Crippen molar-refractivity contribution in [3.63, 3.8) is 0 Å². The highest BCUT2D eigenvalue weighted by molar-refractivity contribution is 5.94. The second-order valence-electron chi connectivity index (χ2n) is 7.32. The Balaban J connectivity index is 1.38. The summed E-state index contributed by atoms with van der Waals surface area (Å²) in [4.78, 5) is 28.3. The predicted molar refractivity (Wildman–Crippen MR) is 104 cm³/mol. The average Bonchev–Trinajstić information content (AvgIpc) is 2.92. The highest BCUT2D eigenvalue weighted by Gasteiger charge is 2.20. The predicted octanol–water partition coefficient (Wildman–Crippen LogP) is 2.21. The molecule has 0 unspecified atom stereocenters. The lowest BCUT2D eigenvalue weighted by atomic mass is 9.99. The van der Waals surface area contributed by atoms with Crippen molar-refractivity contribution in [1.29, 1.82) is 0 Å². The van der Waals surface area contributed by atoms with Gasteiger partial charge in [-0.1, -0.05) is 36.4 Å². The third kappa shape index (κ3) is 4.19. The van der Waals surface area contributed by atoms with Crippen LogP contribution in [0.3, 0.4) is 0 Å². The molecular weight excluding hydrogens is 338 g/mol. The van der Waals surface area contributed by atoms with E-state index in [1.54, 1.807) is 4.90 Å². The van der Waals surface area contributed by atoms with Gasteiger partial charge in [0.05, 0.1) is 0 Å². The van der Waals surface area contributed by atoms with Crippen molar-refractivity contribution >= 4 is 11.8 Å². The van der Waals surface area contributed by atoms with Crippen molar-refractivity contribution in [3.05, 3.63) is 70.8 Å². The third-order valence-corrected chi connectivity index (χ3v) is 5.42. The number of amides is 2. The normalized spacial score (nSPS) is 17.8. The van der Waals surface area contributed by atoms with Crippen molar-refractivity contribution in [2.24, 2.45) is 0 Å². The van der Waals surface area contributed by atoms with Gasteiger partial charge in [0.2, 0.25) is 5.91 Å². The van der Waals surface area contributed by atoms with E-state index in [1.165, 1.54) is 16.7 Å². The van der Waals surface area contributed by atoms with E-state index in [0.717, 1.165) is 26.1 Å². The first-order valence-electron chi connectivity index (χ1n) is 9.63. The molecule has 0 bridgehead atoms. The Morgan fingerprint density at radius 3 is 2.52 bits per heavy atom. The fourth-order valence-corrected chi connectivity index (χ4v) is 3.85. The Morgan fingerprint density at radius 1 is 0.926 bits per heavy atom. The van der Waals surface area contributed by atoms with E-state index in [9.17, 15) is 9.59 Å². The summed E-state index contributed by atoms with van der Waals surface area (Å²) in [7, 11) is 0. The number of hydrogen-bond donors (Lipinski definition) is 1. The van der Waals surface area contributed by atoms with Gasteiger partial charge in [-0.25, -0.2) is 0 Å². The molecule has 0 spiro atoms. The molecular formula is C22H25N3O2. The minimum Gasteiger partial charge on any atom is -0.354 e. The lowest BCUT2D eigenvalue weighted by Crippen LogP contribution is -2.34. The van der Waals surface area contributed by atoms with E-state index in [-0.39, 0.29) is 11.8 Å². The molecule has 0 atom stereocenters. The SMILES string of the molecule is O=C1CCN(C(=O)c2ccc(CN3CCc4ccccc4C3)cc2)CCN1. The second kappa shape index (κ2) is 7.92. The molecule has 5 heteroatoms. The van der Waals surface area contributed by atoms with E-state index in [1.807, 2.05) is 12.1 Å². The van der Waals surface area contributed by atoms with Gasteiger partial charge < -0.3 is 10.2 Å². The van der Waals surface area contributed by atoms with Gasteiger partial charge in [-0.3, -0.25) is 14.5 Å². The van der Waals surface area contributed by atoms with Crippen LogP contribution in [0.15, 0.2) is 48.5 Å². The summed E-state index contributed by atoms with van der Waals surface area (Å²) in [6.45, 7) is 4.52. The molecule has 1 saturated heterocycles. The number of carbonyl (C=O) groups is 2. The zero-order valence-corrected chi connectivity index (χ0v) is 15.5. The van der Waals surface area contributed by atoms with Gasteiger partial charge in [-0.2, -0.15) is 0 Å². The molecule has 2 aromatic rings. The maximum Gasteiger partial charge on any atom is 0.253 e. The molecule has 2 amide bonds. The Hall–Kier alpha value is -2.66. The number of hydrogen-bond acceptors (Lipinski definition) is 3. The summed E-state index contributed by atoms with van der Waals surface area (Å²) in [5, 5.41) is 2.80. The molecule has 140 valence electrons. The van der Waals surface area contributed by atoms with Crippen LogP contribution in [0.25, 0.3) is 0 Å². The fourth-order valence-electron chi connectivity index (χ4n) is 3.85. The maximum absolute atomic E-state index is 12.7. The number of benzene rings is 2. The first kappa shape index (κ1) is 17.7. The molecule has 2 heterocycles. The Morgan fingerprint density at radius 2 is 1.70 bits per heavy atom. The monoisotopic (exact) mass is 363 g/mol. The van der Waals surface area contributed by atoms with Crippen LogP contribution in [0.2, 0.25) is 0 Å². The molecule has 27 heavy (non-hydrogen) atoms. The van der Waals surface area contributed by atoms with E-state index >= 15 is 0 Å². The fraction of sp³-hybridized carbons (Fsp3) is 0.364. The standard InChI is InChI=1S/C22H25N3O2/c26-21-10-13-25(14-11-23-21)22(27)19-7-5-17(6-8-19)15-24-12-9-18-3-1-2-4-20(18)16-24/h1-8H,9-16H2,(H,23,26). The number of rotatable bonds is 3. The Kier molecular flexibility index (Phi) is 5.21. The molecule has 5 nitrogen and oxygen atoms in total. The van der Waals surface area contributed by atoms with E-state index < -0.39 is 0 Å². The van der Waals surface area contributed by atoms with Crippen molar-refractivity contribution in [2.45, 2.75) is 25.9 Å². The third-order valence-electron chi connectivity index (χ3n) is 5.42. The van der Waals surface area contributed by atoms with Crippen LogP contribution in [0.4, 0.5) is 0 Å². The highest BCUT2D eigenvalue weighted by atomic mass is 16.2. The molecule has 0 aromatic heterocycles. The van der Waals surface area contributed by atoms with Crippen LogP contribution in [0, 0.1) is 0 Å². The summed E-state index contributed by atoms with van der Waals surface area (Å²) < 4.78 is 0. The van der Waals surface area contributed by atoms with E-state index in [0.29, 0.717) is 31.6 Å². The molecule has 0 aliphatic carbocycles. The van der Waals surface area contributed by atoms with Gasteiger partial charge in [-0.15, -0.1) is 0 Å². The van der Waals surface area contributed by atoms with Crippen molar-refractivity contribution in [2.75, 3.05) is 26.2 Å². The largest absolute Gasteiger partial charge is 0.354 e. The quantitative estimate of drug-likeness (QED) is 0.910. The maximum atomic E-state index is 12.7. The topological polar surface area (TPSA) is 52.7 Å². The van der Waals surface area contributed by atoms with Gasteiger partial charge in [-0.05, 0) is 35.2 Å². The smallest absolute Gasteiger partial charge is 0.253 e. The summed E-state index contributed by atoms with van der Waals surface area (Å²) >= 11 is 0. The molecule has 4 rings (SSSR count). The average molecular weight is 363 g/mol. The molecule has 0 saturated carbocycles. The molecule has 1 fully saturated rings. The Labute approximate surface area is 160 Å². The van der Waals surface area contributed by atoms with Gasteiger partial charge in [0.25, 0.3) is 5.91 Å². The zero-order valence-electron chi connectivity index (χ0n) is 15.5. The molecule has 2 aromatic carbocycles.